The van der Waals surface area contributed by atoms with Crippen molar-refractivity contribution < 1.29 is 9.21 Å². The van der Waals surface area contributed by atoms with E-state index in [0.29, 0.717) is 22.2 Å². The van der Waals surface area contributed by atoms with Crippen molar-refractivity contribution in [1.82, 2.24) is 15.1 Å². The van der Waals surface area contributed by atoms with Gasteiger partial charge in [0.1, 0.15) is 23.8 Å². The maximum Gasteiger partial charge on any atom is 0.267 e. The first-order valence-corrected chi connectivity index (χ1v) is 10.4. The van der Waals surface area contributed by atoms with Gasteiger partial charge < -0.3 is 9.73 Å². The molecule has 0 aliphatic carbocycles. The Kier molecular flexibility index (Phi) is 5.83. The smallest absolute Gasteiger partial charge is 0.267 e. The number of halogens is 1. The van der Waals surface area contributed by atoms with Gasteiger partial charge in [0.15, 0.2) is 0 Å². The van der Waals surface area contributed by atoms with Gasteiger partial charge in [-0.2, -0.15) is 5.10 Å². The van der Waals surface area contributed by atoms with Crippen molar-refractivity contribution in [2.24, 2.45) is 0 Å². The largest absolute Gasteiger partial charge is 0.459 e. The van der Waals surface area contributed by atoms with Crippen molar-refractivity contribution in [2.45, 2.75) is 20.0 Å². The van der Waals surface area contributed by atoms with Crippen LogP contribution in [0.1, 0.15) is 10.6 Å². The average Bonchev–Trinajstić information content (AvgIpc) is 3.38. The van der Waals surface area contributed by atoms with Crippen molar-refractivity contribution in [3.05, 3.63) is 86.7 Å². The number of benzene rings is 1. The van der Waals surface area contributed by atoms with Crippen LogP contribution >= 0.6 is 22.9 Å². The first kappa shape index (κ1) is 20.1. The highest BCUT2D eigenvalue weighted by atomic mass is 35.5. The van der Waals surface area contributed by atoms with Crippen molar-refractivity contribution >= 4 is 28.8 Å². The highest BCUT2D eigenvalue weighted by Crippen LogP contribution is 2.25. The maximum atomic E-state index is 12.3. The maximum absolute atomic E-state index is 12.3. The molecule has 1 N–H and O–H groups in total. The zero-order chi connectivity index (χ0) is 21.1. The number of thiophene rings is 1. The van der Waals surface area contributed by atoms with Crippen LogP contribution in [0, 0.1) is 6.92 Å². The van der Waals surface area contributed by atoms with E-state index in [-0.39, 0.29) is 24.6 Å². The van der Waals surface area contributed by atoms with Crippen LogP contribution in [-0.2, 0) is 17.9 Å². The molecule has 1 aromatic carbocycles. The number of hydrogen-bond acceptors (Lipinski definition) is 5. The summed E-state index contributed by atoms with van der Waals surface area (Å²) in [5.74, 6) is 0.970. The predicted octanol–water partition coefficient (Wildman–Crippen LogP) is 4.51. The predicted molar refractivity (Wildman–Crippen MR) is 118 cm³/mol. The van der Waals surface area contributed by atoms with E-state index in [1.807, 2.05) is 37.3 Å². The molecule has 0 aliphatic heterocycles. The van der Waals surface area contributed by atoms with Crippen LogP contribution in [0.2, 0.25) is 5.02 Å². The fourth-order valence-electron chi connectivity index (χ4n) is 2.89. The lowest BCUT2D eigenvalue weighted by atomic mass is 10.2. The quantitative estimate of drug-likeness (QED) is 0.479. The van der Waals surface area contributed by atoms with Gasteiger partial charge in [-0.1, -0.05) is 11.6 Å². The number of carbonyl (C=O) groups excluding carboxylic acids is 1. The molecule has 30 heavy (non-hydrogen) atoms. The van der Waals surface area contributed by atoms with Gasteiger partial charge in [0.25, 0.3) is 5.56 Å². The molecule has 0 unspecified atom stereocenters. The zero-order valence-electron chi connectivity index (χ0n) is 16.1. The van der Waals surface area contributed by atoms with Gasteiger partial charge in [0, 0.05) is 21.5 Å². The third kappa shape index (κ3) is 4.69. The van der Waals surface area contributed by atoms with Crippen LogP contribution < -0.4 is 10.9 Å². The second kappa shape index (κ2) is 8.69. The van der Waals surface area contributed by atoms with E-state index in [1.165, 1.54) is 10.7 Å². The number of amides is 1. The first-order valence-electron chi connectivity index (χ1n) is 9.24. The Balaban J connectivity index is 1.40. The Hall–Kier alpha value is -3.16. The summed E-state index contributed by atoms with van der Waals surface area (Å²) in [5, 5.41) is 7.73. The van der Waals surface area contributed by atoms with Crippen molar-refractivity contribution in [1.29, 1.82) is 0 Å². The lowest BCUT2D eigenvalue weighted by Crippen LogP contribution is -2.33. The summed E-state index contributed by atoms with van der Waals surface area (Å²) in [6.07, 6.45) is 0. The molecular weight excluding hydrogens is 422 g/mol. The molecule has 3 heterocycles. The molecule has 4 aromatic rings. The van der Waals surface area contributed by atoms with E-state index in [1.54, 1.807) is 35.6 Å². The number of nitrogens with zero attached hydrogens (tertiary/aromatic N) is 2. The lowest BCUT2D eigenvalue weighted by molar-refractivity contribution is -0.122. The molecule has 0 saturated carbocycles. The van der Waals surface area contributed by atoms with E-state index in [4.69, 9.17) is 16.0 Å². The van der Waals surface area contributed by atoms with Crippen LogP contribution in [0.5, 0.6) is 0 Å². The Labute approximate surface area is 181 Å². The highest BCUT2D eigenvalue weighted by molar-refractivity contribution is 7.15. The summed E-state index contributed by atoms with van der Waals surface area (Å²) in [7, 11) is 0. The number of furan rings is 1. The van der Waals surface area contributed by atoms with Crippen LogP contribution in [0.25, 0.3) is 21.9 Å². The number of rotatable bonds is 6. The molecule has 4 rings (SSSR count). The minimum atomic E-state index is -0.329. The molecule has 0 fully saturated rings. The van der Waals surface area contributed by atoms with Gasteiger partial charge in [-0.05, 0) is 61.5 Å². The van der Waals surface area contributed by atoms with Crippen LogP contribution in [0.3, 0.4) is 0 Å². The van der Waals surface area contributed by atoms with Gasteiger partial charge in [-0.15, -0.1) is 11.3 Å². The van der Waals surface area contributed by atoms with Gasteiger partial charge in [0.05, 0.1) is 11.4 Å². The summed E-state index contributed by atoms with van der Waals surface area (Å²) in [6.45, 7) is 2.05. The minimum Gasteiger partial charge on any atom is -0.459 e. The summed E-state index contributed by atoms with van der Waals surface area (Å²) < 4.78 is 6.94. The molecule has 0 bridgehead atoms. The molecular formula is C22H18ClN3O3S. The van der Waals surface area contributed by atoms with Crippen LogP contribution in [-0.4, -0.2) is 15.7 Å². The molecule has 0 saturated heterocycles. The summed E-state index contributed by atoms with van der Waals surface area (Å²) >= 11 is 7.49. The minimum absolute atomic E-state index is 0.165. The van der Waals surface area contributed by atoms with Crippen LogP contribution in [0.4, 0.5) is 0 Å². The Bertz CT molecular complexity index is 1240. The van der Waals surface area contributed by atoms with Crippen molar-refractivity contribution in [3.63, 3.8) is 0 Å². The molecule has 8 heteroatoms. The van der Waals surface area contributed by atoms with Crippen molar-refractivity contribution in [3.8, 4) is 21.9 Å². The van der Waals surface area contributed by atoms with E-state index in [0.717, 1.165) is 15.3 Å². The molecule has 152 valence electrons. The number of hydrogen-bond donors (Lipinski definition) is 1. The van der Waals surface area contributed by atoms with Gasteiger partial charge in [-0.3, -0.25) is 9.59 Å². The Morgan fingerprint density at radius 2 is 1.90 bits per heavy atom. The summed E-state index contributed by atoms with van der Waals surface area (Å²) in [5.41, 5.74) is 1.23. The van der Waals surface area contributed by atoms with Gasteiger partial charge in [-0.25, -0.2) is 4.68 Å². The van der Waals surface area contributed by atoms with E-state index >= 15 is 0 Å². The standard InChI is InChI=1S/C22H18ClN3O3S/c1-14-2-10-20(30-14)18-8-11-22(28)26(25-18)13-21(27)24-12-17-7-9-19(29-17)15-3-5-16(23)6-4-15/h2-11H,12-13H2,1H3,(H,24,27). The zero-order valence-corrected chi connectivity index (χ0v) is 17.7. The molecule has 0 atom stereocenters. The monoisotopic (exact) mass is 439 g/mol. The lowest BCUT2D eigenvalue weighted by Gasteiger charge is -2.07. The third-order valence-corrected chi connectivity index (χ3v) is 5.68. The number of nitrogens with one attached hydrogen (secondary N) is 1. The normalized spacial score (nSPS) is 10.9. The van der Waals surface area contributed by atoms with E-state index in [2.05, 4.69) is 10.4 Å². The topological polar surface area (TPSA) is 77.1 Å². The van der Waals surface area contributed by atoms with E-state index in [9.17, 15) is 9.59 Å². The van der Waals surface area contributed by atoms with Crippen LogP contribution in [0.15, 0.2) is 69.9 Å². The molecule has 6 nitrogen and oxygen atoms in total. The fraction of sp³-hybridized carbons (Fsp3) is 0.136. The van der Waals surface area contributed by atoms with Gasteiger partial charge >= 0.3 is 0 Å². The van der Waals surface area contributed by atoms with E-state index < -0.39 is 0 Å². The molecule has 0 spiro atoms. The fourth-order valence-corrected chi connectivity index (χ4v) is 3.84. The molecule has 0 radical (unpaired) electrons. The number of aryl methyl sites for hydroxylation is 1. The third-order valence-electron chi connectivity index (χ3n) is 4.40. The summed E-state index contributed by atoms with van der Waals surface area (Å²) in [6, 6.07) is 18.0. The highest BCUT2D eigenvalue weighted by Gasteiger charge is 2.11. The number of carbonyl (C=O) groups is 1. The molecule has 3 aromatic heterocycles. The van der Waals surface area contributed by atoms with Gasteiger partial charge in [0.2, 0.25) is 5.91 Å². The number of aromatic nitrogens is 2. The molecule has 0 aliphatic rings. The van der Waals surface area contributed by atoms with Crippen molar-refractivity contribution in [2.75, 3.05) is 0 Å². The first-order chi connectivity index (χ1) is 14.5. The second-order valence-electron chi connectivity index (χ2n) is 6.67. The summed E-state index contributed by atoms with van der Waals surface area (Å²) in [4.78, 5) is 26.5. The second-order valence-corrected chi connectivity index (χ2v) is 8.40. The SMILES string of the molecule is Cc1ccc(-c2ccc(=O)n(CC(=O)NCc3ccc(-c4ccc(Cl)cc4)o3)n2)s1. The Morgan fingerprint density at radius 3 is 2.63 bits per heavy atom. The Morgan fingerprint density at radius 1 is 1.10 bits per heavy atom. The average molecular weight is 440 g/mol. The molecule has 1 amide bonds.